The van der Waals surface area contributed by atoms with Gasteiger partial charge in [-0.3, -0.25) is 4.98 Å². The summed E-state index contributed by atoms with van der Waals surface area (Å²) in [7, 11) is 2.13. The number of pyridine rings is 1. The van der Waals surface area contributed by atoms with E-state index in [0.29, 0.717) is 0 Å². The lowest BCUT2D eigenvalue weighted by Crippen LogP contribution is -2.26. The molecular weight excluding hydrogens is 198 g/mol. The van der Waals surface area contributed by atoms with Gasteiger partial charge in [0.25, 0.3) is 0 Å². The number of nitrogens with zero attached hydrogens (tertiary/aromatic N) is 3. The van der Waals surface area contributed by atoms with Gasteiger partial charge in [0.15, 0.2) is 0 Å². The molecule has 84 valence electrons. The van der Waals surface area contributed by atoms with Crippen LogP contribution in [0.25, 0.3) is 0 Å². The lowest BCUT2D eigenvalue weighted by atomic mass is 9.76. The molecule has 1 aromatic rings. The molecule has 1 aliphatic rings. The fraction of sp³-hybridized carbons (Fsp3) is 0.538. The molecule has 2 rings (SSSR count). The normalized spacial score (nSPS) is 27.0. The molecule has 3 nitrogen and oxygen atoms in total. The molecule has 0 bridgehead atoms. The van der Waals surface area contributed by atoms with Crippen molar-refractivity contribution in [2.24, 2.45) is 0 Å². The average molecular weight is 215 g/mol. The molecule has 16 heavy (non-hydrogen) atoms. The van der Waals surface area contributed by atoms with Gasteiger partial charge in [0.1, 0.15) is 0 Å². The van der Waals surface area contributed by atoms with Gasteiger partial charge in [0, 0.05) is 12.4 Å². The van der Waals surface area contributed by atoms with Crippen molar-refractivity contribution in [1.29, 1.82) is 5.26 Å². The molecule has 0 N–H and O–H groups in total. The largest absolute Gasteiger partial charge is 0.306 e. The van der Waals surface area contributed by atoms with Crippen molar-refractivity contribution in [3.8, 4) is 6.07 Å². The van der Waals surface area contributed by atoms with E-state index in [-0.39, 0.29) is 5.41 Å². The third-order valence-corrected chi connectivity index (χ3v) is 3.51. The molecular formula is C13H17N3. The van der Waals surface area contributed by atoms with Crippen molar-refractivity contribution in [2.45, 2.75) is 24.7 Å². The van der Waals surface area contributed by atoms with Crippen LogP contribution in [0.4, 0.5) is 0 Å². The van der Waals surface area contributed by atoms with Crippen molar-refractivity contribution >= 4 is 0 Å². The van der Waals surface area contributed by atoms with Crippen LogP contribution in [0, 0.1) is 11.3 Å². The molecule has 0 aliphatic carbocycles. The molecule has 1 aliphatic heterocycles. The summed E-state index contributed by atoms with van der Waals surface area (Å²) in [4.78, 5) is 6.33. The third kappa shape index (κ3) is 2.07. The van der Waals surface area contributed by atoms with Gasteiger partial charge in [-0.2, -0.15) is 5.26 Å². The van der Waals surface area contributed by atoms with Crippen molar-refractivity contribution in [3.63, 3.8) is 0 Å². The summed E-state index contributed by atoms with van der Waals surface area (Å²) in [5, 5.41) is 9.52. The summed E-state index contributed by atoms with van der Waals surface area (Å²) < 4.78 is 0. The van der Waals surface area contributed by atoms with Crippen LogP contribution < -0.4 is 0 Å². The van der Waals surface area contributed by atoms with Crippen LogP contribution in [0.2, 0.25) is 0 Å². The van der Waals surface area contributed by atoms with E-state index in [1.54, 1.807) is 12.4 Å². The van der Waals surface area contributed by atoms with Gasteiger partial charge in [-0.1, -0.05) is 0 Å². The Labute approximate surface area is 96.7 Å². The van der Waals surface area contributed by atoms with E-state index < -0.39 is 0 Å². The van der Waals surface area contributed by atoms with Gasteiger partial charge in [-0.05, 0) is 57.1 Å². The van der Waals surface area contributed by atoms with Crippen LogP contribution in [0.3, 0.4) is 0 Å². The second kappa shape index (κ2) is 4.63. The van der Waals surface area contributed by atoms with E-state index in [2.05, 4.69) is 23.0 Å². The fourth-order valence-electron chi connectivity index (χ4n) is 2.41. The molecule has 0 aromatic carbocycles. The number of nitriles is 1. The topological polar surface area (TPSA) is 39.9 Å². The Morgan fingerprint density at radius 1 is 1.31 bits per heavy atom. The maximum atomic E-state index is 9.52. The maximum Gasteiger partial charge on any atom is 0.0836 e. The van der Waals surface area contributed by atoms with Crippen molar-refractivity contribution in [1.82, 2.24) is 9.88 Å². The molecule has 1 atom stereocenters. The van der Waals surface area contributed by atoms with Gasteiger partial charge in [-0.25, -0.2) is 0 Å². The standard InChI is InChI=1S/C13H17N3/c1-16-9-2-5-13(11-14,6-10-16)12-3-7-15-8-4-12/h3-4,7-8H,2,5-6,9-10H2,1H3. The molecule has 0 spiro atoms. The van der Waals surface area contributed by atoms with E-state index >= 15 is 0 Å². The Hall–Kier alpha value is -1.40. The van der Waals surface area contributed by atoms with Crippen LogP contribution >= 0.6 is 0 Å². The molecule has 0 saturated carbocycles. The Balaban J connectivity index is 2.29. The summed E-state index contributed by atoms with van der Waals surface area (Å²) in [6, 6.07) is 6.50. The number of rotatable bonds is 1. The summed E-state index contributed by atoms with van der Waals surface area (Å²) >= 11 is 0. The summed E-state index contributed by atoms with van der Waals surface area (Å²) in [5.74, 6) is 0. The monoisotopic (exact) mass is 215 g/mol. The second-order valence-corrected chi connectivity index (χ2v) is 4.59. The molecule has 2 heterocycles. The first kappa shape index (κ1) is 11.1. The highest BCUT2D eigenvalue weighted by Gasteiger charge is 2.33. The quantitative estimate of drug-likeness (QED) is 0.719. The highest BCUT2D eigenvalue weighted by Crippen LogP contribution is 2.34. The lowest BCUT2D eigenvalue weighted by Gasteiger charge is -2.25. The van der Waals surface area contributed by atoms with Gasteiger partial charge < -0.3 is 4.90 Å². The van der Waals surface area contributed by atoms with Crippen LogP contribution in [0.15, 0.2) is 24.5 Å². The number of hydrogen-bond acceptors (Lipinski definition) is 3. The first-order valence-corrected chi connectivity index (χ1v) is 5.77. The number of likely N-dealkylation sites (tertiary alicyclic amines) is 1. The van der Waals surface area contributed by atoms with Gasteiger partial charge in [0.2, 0.25) is 0 Å². The Morgan fingerprint density at radius 2 is 2.06 bits per heavy atom. The van der Waals surface area contributed by atoms with E-state index in [1.807, 2.05) is 12.1 Å². The molecule has 1 fully saturated rings. The minimum absolute atomic E-state index is 0.298. The van der Waals surface area contributed by atoms with Gasteiger partial charge in [0.05, 0.1) is 11.5 Å². The van der Waals surface area contributed by atoms with Crippen LogP contribution in [-0.2, 0) is 5.41 Å². The van der Waals surface area contributed by atoms with Crippen LogP contribution in [0.1, 0.15) is 24.8 Å². The highest BCUT2D eigenvalue weighted by molar-refractivity contribution is 5.31. The zero-order valence-electron chi connectivity index (χ0n) is 9.69. The molecule has 1 aromatic heterocycles. The first-order valence-electron chi connectivity index (χ1n) is 5.77. The molecule has 3 heteroatoms. The Kier molecular flexibility index (Phi) is 3.21. The fourth-order valence-corrected chi connectivity index (χ4v) is 2.41. The molecule has 0 radical (unpaired) electrons. The Morgan fingerprint density at radius 3 is 2.75 bits per heavy atom. The minimum Gasteiger partial charge on any atom is -0.306 e. The minimum atomic E-state index is -0.298. The Bertz CT molecular complexity index is 382. The zero-order chi connectivity index (χ0) is 11.4. The maximum absolute atomic E-state index is 9.52. The third-order valence-electron chi connectivity index (χ3n) is 3.51. The van der Waals surface area contributed by atoms with E-state index in [4.69, 9.17) is 0 Å². The van der Waals surface area contributed by atoms with Crippen molar-refractivity contribution in [2.75, 3.05) is 20.1 Å². The second-order valence-electron chi connectivity index (χ2n) is 4.59. The van der Waals surface area contributed by atoms with E-state index in [9.17, 15) is 5.26 Å². The zero-order valence-corrected chi connectivity index (χ0v) is 9.69. The predicted octanol–water partition coefficient (Wildman–Crippen LogP) is 1.96. The highest BCUT2D eigenvalue weighted by atomic mass is 15.1. The number of aromatic nitrogens is 1. The summed E-state index contributed by atoms with van der Waals surface area (Å²) in [6.07, 6.45) is 6.53. The molecule has 1 unspecified atom stereocenters. The summed E-state index contributed by atoms with van der Waals surface area (Å²) in [5.41, 5.74) is 0.827. The first-order chi connectivity index (χ1) is 7.77. The van der Waals surface area contributed by atoms with Crippen molar-refractivity contribution in [3.05, 3.63) is 30.1 Å². The smallest absolute Gasteiger partial charge is 0.0836 e. The summed E-state index contributed by atoms with van der Waals surface area (Å²) in [6.45, 7) is 2.09. The predicted molar refractivity (Wildman–Crippen MR) is 62.9 cm³/mol. The van der Waals surface area contributed by atoms with Crippen LogP contribution in [-0.4, -0.2) is 30.0 Å². The molecule has 1 saturated heterocycles. The number of hydrogen-bond donors (Lipinski definition) is 0. The van der Waals surface area contributed by atoms with Gasteiger partial charge >= 0.3 is 0 Å². The SMILES string of the molecule is CN1CCCC(C#N)(c2ccncc2)CC1. The van der Waals surface area contributed by atoms with Gasteiger partial charge in [-0.15, -0.1) is 0 Å². The molecule has 0 amide bonds. The van der Waals surface area contributed by atoms with Crippen molar-refractivity contribution < 1.29 is 0 Å². The van der Waals surface area contributed by atoms with Crippen LogP contribution in [0.5, 0.6) is 0 Å². The average Bonchev–Trinajstić information content (AvgIpc) is 2.53. The van der Waals surface area contributed by atoms with E-state index in [1.165, 1.54) is 0 Å². The van der Waals surface area contributed by atoms with E-state index in [0.717, 1.165) is 37.9 Å². The lowest BCUT2D eigenvalue weighted by molar-refractivity contribution is 0.342.